The summed E-state index contributed by atoms with van der Waals surface area (Å²) in [6, 6.07) is 22.6. The molecular weight excluding hydrogens is 364 g/mol. The summed E-state index contributed by atoms with van der Waals surface area (Å²) in [4.78, 5) is 23.5. The molecule has 29 heavy (non-hydrogen) atoms. The molecule has 0 saturated heterocycles. The van der Waals surface area contributed by atoms with Gasteiger partial charge in [0.05, 0.1) is 12.2 Å². The van der Waals surface area contributed by atoms with Crippen molar-refractivity contribution in [3.8, 4) is 0 Å². The number of amides is 1. The van der Waals surface area contributed by atoms with Crippen molar-refractivity contribution in [2.24, 2.45) is 0 Å². The van der Waals surface area contributed by atoms with Crippen LogP contribution in [-0.4, -0.2) is 21.6 Å². The minimum absolute atomic E-state index is 0.115. The number of carboxylic acids is 1. The summed E-state index contributed by atoms with van der Waals surface area (Å²) in [6.45, 7) is 0.427. The molecule has 5 heteroatoms. The van der Waals surface area contributed by atoms with Crippen molar-refractivity contribution in [3.05, 3.63) is 107 Å². The van der Waals surface area contributed by atoms with E-state index in [9.17, 15) is 9.59 Å². The highest BCUT2D eigenvalue weighted by Crippen LogP contribution is 2.20. The van der Waals surface area contributed by atoms with Crippen molar-refractivity contribution in [1.29, 1.82) is 0 Å². The fourth-order valence-electron chi connectivity index (χ4n) is 3.29. The van der Waals surface area contributed by atoms with Crippen molar-refractivity contribution in [2.75, 3.05) is 0 Å². The van der Waals surface area contributed by atoms with E-state index in [4.69, 9.17) is 5.11 Å². The third-order valence-corrected chi connectivity index (χ3v) is 4.86. The highest BCUT2D eigenvalue weighted by atomic mass is 16.4. The van der Waals surface area contributed by atoms with Crippen LogP contribution in [0.4, 0.5) is 0 Å². The maximum Gasteiger partial charge on any atom is 0.335 e. The molecule has 0 unspecified atom stereocenters. The average Bonchev–Trinajstić information content (AvgIpc) is 3.25. The molecule has 0 aliphatic rings. The number of aromatic carboxylic acids is 1. The van der Waals surface area contributed by atoms with E-state index in [1.807, 2.05) is 65.5 Å². The molecule has 0 spiro atoms. The lowest BCUT2D eigenvalue weighted by atomic mass is 9.99. The lowest BCUT2D eigenvalue weighted by Gasteiger charge is -2.09. The number of carbonyl (C=O) groups excluding carboxylic acids is 1. The molecule has 0 bridgehead atoms. The van der Waals surface area contributed by atoms with Gasteiger partial charge in [-0.25, -0.2) is 4.79 Å². The normalized spacial score (nSPS) is 10.8. The van der Waals surface area contributed by atoms with Crippen LogP contribution in [0.2, 0.25) is 0 Å². The van der Waals surface area contributed by atoms with Crippen LogP contribution in [0.25, 0.3) is 10.8 Å². The summed E-state index contributed by atoms with van der Waals surface area (Å²) in [6.07, 6.45) is 4.49. The van der Waals surface area contributed by atoms with Crippen LogP contribution in [-0.2, 0) is 13.1 Å². The molecule has 4 aromatic rings. The Balaban J connectivity index is 1.51. The molecule has 5 nitrogen and oxygen atoms in total. The summed E-state index contributed by atoms with van der Waals surface area (Å²) in [5.41, 5.74) is 3.04. The van der Waals surface area contributed by atoms with Gasteiger partial charge in [0.15, 0.2) is 0 Å². The number of aromatic nitrogens is 1. The maximum absolute atomic E-state index is 12.5. The van der Waals surface area contributed by atoms with Crippen LogP contribution in [0.1, 0.15) is 31.8 Å². The van der Waals surface area contributed by atoms with Gasteiger partial charge in [-0.3, -0.25) is 4.79 Å². The lowest BCUT2D eigenvalue weighted by molar-refractivity contribution is 0.0696. The first-order valence-corrected chi connectivity index (χ1v) is 9.32. The third kappa shape index (κ3) is 4.35. The predicted octanol–water partition coefficient (Wildman–Crippen LogP) is 4.32. The second-order valence-corrected chi connectivity index (χ2v) is 6.94. The predicted molar refractivity (Wildman–Crippen MR) is 112 cm³/mol. The molecule has 4 rings (SSSR count). The Morgan fingerprint density at radius 2 is 1.45 bits per heavy atom. The van der Waals surface area contributed by atoms with Gasteiger partial charge in [0, 0.05) is 18.0 Å². The van der Waals surface area contributed by atoms with Crippen LogP contribution >= 0.6 is 0 Å². The van der Waals surface area contributed by atoms with Gasteiger partial charge in [-0.05, 0) is 64.7 Å². The first-order chi connectivity index (χ1) is 14.1. The van der Waals surface area contributed by atoms with Crippen LogP contribution in [0.5, 0.6) is 0 Å². The standard InChI is InChI=1S/C24H20N2O3/c27-23(25-16-26-11-1-2-12-26)21-10-9-19-6-5-18(14-22(19)15-21)13-17-3-7-20(8-4-17)24(28)29/h1-12,14-15H,13,16H2,(H,25,27)(H,28,29). The molecular formula is C24H20N2O3. The Morgan fingerprint density at radius 3 is 2.17 bits per heavy atom. The lowest BCUT2D eigenvalue weighted by Crippen LogP contribution is -2.25. The summed E-state index contributed by atoms with van der Waals surface area (Å²) in [5.74, 6) is -1.04. The summed E-state index contributed by atoms with van der Waals surface area (Å²) in [5, 5.41) is 14.0. The van der Waals surface area contributed by atoms with E-state index in [0.29, 0.717) is 18.7 Å². The molecule has 2 N–H and O–H groups in total. The number of carbonyl (C=O) groups is 2. The Kier molecular flexibility index (Phi) is 5.12. The largest absolute Gasteiger partial charge is 0.478 e. The van der Waals surface area contributed by atoms with Gasteiger partial charge < -0.3 is 15.0 Å². The molecule has 1 amide bonds. The molecule has 144 valence electrons. The number of benzene rings is 3. The number of hydrogen-bond acceptors (Lipinski definition) is 2. The van der Waals surface area contributed by atoms with Gasteiger partial charge in [0.2, 0.25) is 0 Å². The molecule has 3 aromatic carbocycles. The Morgan fingerprint density at radius 1 is 0.793 bits per heavy atom. The Hall–Kier alpha value is -3.86. The number of nitrogens with zero attached hydrogens (tertiary/aromatic N) is 1. The van der Waals surface area contributed by atoms with Crippen LogP contribution in [0, 0.1) is 0 Å². The Bertz CT molecular complexity index is 1160. The number of fused-ring (bicyclic) bond motifs is 1. The minimum atomic E-state index is -0.926. The zero-order valence-electron chi connectivity index (χ0n) is 15.7. The molecule has 0 radical (unpaired) electrons. The zero-order valence-corrected chi connectivity index (χ0v) is 15.7. The maximum atomic E-state index is 12.5. The van der Waals surface area contributed by atoms with E-state index in [1.165, 1.54) is 0 Å². The van der Waals surface area contributed by atoms with Gasteiger partial charge in [-0.2, -0.15) is 0 Å². The van der Waals surface area contributed by atoms with Crippen LogP contribution in [0.15, 0.2) is 85.2 Å². The molecule has 0 aliphatic carbocycles. The SMILES string of the molecule is O=C(O)c1ccc(Cc2ccc3ccc(C(=O)NCn4cccc4)cc3c2)cc1. The fourth-order valence-corrected chi connectivity index (χ4v) is 3.29. The Labute approximate surface area is 168 Å². The third-order valence-electron chi connectivity index (χ3n) is 4.86. The summed E-state index contributed by atoms with van der Waals surface area (Å²) < 4.78 is 1.90. The first kappa shape index (κ1) is 18.5. The second kappa shape index (κ2) is 8.02. The number of carboxylic acid groups (broad SMARTS) is 1. The van der Waals surface area contributed by atoms with Crippen molar-refractivity contribution in [3.63, 3.8) is 0 Å². The van der Waals surface area contributed by atoms with Crippen molar-refractivity contribution in [2.45, 2.75) is 13.1 Å². The summed E-state index contributed by atoms with van der Waals surface area (Å²) in [7, 11) is 0. The number of hydrogen-bond donors (Lipinski definition) is 2. The smallest absolute Gasteiger partial charge is 0.335 e. The van der Waals surface area contributed by atoms with Crippen molar-refractivity contribution in [1.82, 2.24) is 9.88 Å². The van der Waals surface area contributed by atoms with E-state index in [0.717, 1.165) is 21.9 Å². The van der Waals surface area contributed by atoms with E-state index < -0.39 is 5.97 Å². The van der Waals surface area contributed by atoms with Crippen molar-refractivity contribution < 1.29 is 14.7 Å². The van der Waals surface area contributed by atoms with Gasteiger partial charge >= 0.3 is 5.97 Å². The minimum Gasteiger partial charge on any atom is -0.478 e. The van der Waals surface area contributed by atoms with E-state index in [1.54, 1.807) is 12.1 Å². The number of nitrogens with one attached hydrogen (secondary N) is 1. The van der Waals surface area contributed by atoms with Crippen LogP contribution in [0.3, 0.4) is 0 Å². The highest BCUT2D eigenvalue weighted by molar-refractivity contribution is 5.98. The molecule has 0 saturated carbocycles. The van der Waals surface area contributed by atoms with E-state index in [2.05, 4.69) is 17.4 Å². The van der Waals surface area contributed by atoms with E-state index in [-0.39, 0.29) is 11.5 Å². The van der Waals surface area contributed by atoms with Crippen molar-refractivity contribution >= 4 is 22.6 Å². The monoisotopic (exact) mass is 384 g/mol. The summed E-state index contributed by atoms with van der Waals surface area (Å²) >= 11 is 0. The molecule has 1 aromatic heterocycles. The quantitative estimate of drug-likeness (QED) is 0.520. The topological polar surface area (TPSA) is 71.3 Å². The molecule has 1 heterocycles. The molecule has 0 fully saturated rings. The second-order valence-electron chi connectivity index (χ2n) is 6.94. The van der Waals surface area contributed by atoms with E-state index >= 15 is 0 Å². The molecule has 0 aliphatic heterocycles. The van der Waals surface area contributed by atoms with Gasteiger partial charge in [-0.15, -0.1) is 0 Å². The number of rotatable bonds is 6. The van der Waals surface area contributed by atoms with Gasteiger partial charge in [0.1, 0.15) is 0 Å². The van der Waals surface area contributed by atoms with Gasteiger partial charge in [0.25, 0.3) is 5.91 Å². The highest BCUT2D eigenvalue weighted by Gasteiger charge is 2.07. The van der Waals surface area contributed by atoms with Gasteiger partial charge in [-0.1, -0.05) is 36.4 Å². The molecule has 0 atom stereocenters. The zero-order chi connectivity index (χ0) is 20.2. The van der Waals surface area contributed by atoms with Crippen LogP contribution < -0.4 is 5.32 Å². The average molecular weight is 384 g/mol. The fraction of sp³-hybridized carbons (Fsp3) is 0.0833. The first-order valence-electron chi connectivity index (χ1n) is 9.32.